The number of benzene rings is 1. The van der Waals surface area contributed by atoms with E-state index in [4.69, 9.17) is 16.1 Å². The first-order valence-corrected chi connectivity index (χ1v) is 10.7. The number of hydrogen-bond donors (Lipinski definition) is 0. The largest absolute Gasteiger partial charge is 0.337 e. The third-order valence-corrected chi connectivity index (χ3v) is 6.35. The maximum atomic E-state index is 13.3. The van der Waals surface area contributed by atoms with E-state index in [0.717, 1.165) is 37.3 Å². The van der Waals surface area contributed by atoms with Crippen molar-refractivity contribution in [1.82, 2.24) is 29.5 Å². The van der Waals surface area contributed by atoms with Gasteiger partial charge in [0.25, 0.3) is 5.91 Å². The topological polar surface area (TPSA) is 80.3 Å². The van der Waals surface area contributed by atoms with Gasteiger partial charge in [0, 0.05) is 6.54 Å². The minimum Gasteiger partial charge on any atom is -0.337 e. The minimum absolute atomic E-state index is 0. The van der Waals surface area contributed by atoms with Gasteiger partial charge in [0.2, 0.25) is 11.7 Å². The molecule has 5 rings (SSSR count). The fourth-order valence-corrected chi connectivity index (χ4v) is 4.71. The molecule has 0 saturated carbocycles. The molecule has 1 amide bonds. The third kappa shape index (κ3) is 3.52. The first kappa shape index (κ1) is 21.8. The van der Waals surface area contributed by atoms with E-state index < -0.39 is 0 Å². The molecule has 2 aromatic heterocycles. The summed E-state index contributed by atoms with van der Waals surface area (Å²) in [7, 11) is 0. The van der Waals surface area contributed by atoms with E-state index in [1.165, 1.54) is 0 Å². The van der Waals surface area contributed by atoms with Crippen molar-refractivity contribution in [2.24, 2.45) is 0 Å². The number of rotatable bonds is 5. The van der Waals surface area contributed by atoms with Crippen LogP contribution in [0.3, 0.4) is 0 Å². The second kappa shape index (κ2) is 8.61. The lowest BCUT2D eigenvalue weighted by atomic mass is 10.1. The molecule has 0 bridgehead atoms. The summed E-state index contributed by atoms with van der Waals surface area (Å²) in [4.78, 5) is 26.6. The van der Waals surface area contributed by atoms with Gasteiger partial charge in [-0.2, -0.15) is 4.98 Å². The van der Waals surface area contributed by atoms with Crippen molar-refractivity contribution in [1.29, 1.82) is 0 Å². The van der Waals surface area contributed by atoms with Crippen molar-refractivity contribution in [3.05, 3.63) is 46.7 Å². The van der Waals surface area contributed by atoms with Crippen LogP contribution in [0.2, 0.25) is 5.02 Å². The Kier molecular flexibility index (Phi) is 6.05. The average Bonchev–Trinajstić information content (AvgIpc) is 3.48. The number of amides is 1. The summed E-state index contributed by atoms with van der Waals surface area (Å²) >= 11 is 6.44. The van der Waals surface area contributed by atoms with Crippen LogP contribution >= 0.6 is 24.0 Å². The van der Waals surface area contributed by atoms with Crippen molar-refractivity contribution in [2.75, 3.05) is 19.6 Å². The summed E-state index contributed by atoms with van der Waals surface area (Å²) in [6.45, 7) is 7.31. The second-order valence-electron chi connectivity index (χ2n) is 7.61. The molecule has 31 heavy (non-hydrogen) atoms. The fourth-order valence-electron chi connectivity index (χ4n) is 4.46. The van der Waals surface area contributed by atoms with Crippen LogP contribution in [-0.2, 0) is 6.54 Å². The summed E-state index contributed by atoms with van der Waals surface area (Å²) in [6.07, 6.45) is 3.52. The number of carbonyl (C=O) groups is 1. The van der Waals surface area contributed by atoms with Gasteiger partial charge < -0.3 is 9.42 Å². The number of fused-ring (bicyclic) bond motifs is 5. The summed E-state index contributed by atoms with van der Waals surface area (Å²) in [5.41, 5.74) is 2.82. The van der Waals surface area contributed by atoms with E-state index >= 15 is 0 Å². The SMILES string of the molecule is CCN(CC)Cc1nc(-c2ncn3c2[C@@H]2CCCN2C(=O)c2c(Cl)cccc2-3)no1.Cl. The van der Waals surface area contributed by atoms with E-state index in [0.29, 0.717) is 41.1 Å². The smallest absolute Gasteiger partial charge is 0.258 e. The van der Waals surface area contributed by atoms with Gasteiger partial charge in [-0.3, -0.25) is 14.3 Å². The second-order valence-corrected chi connectivity index (χ2v) is 8.02. The number of nitrogens with zero attached hydrogens (tertiary/aromatic N) is 6. The summed E-state index contributed by atoms with van der Waals surface area (Å²) in [5.74, 6) is 0.977. The third-order valence-electron chi connectivity index (χ3n) is 6.03. The molecule has 0 spiro atoms. The van der Waals surface area contributed by atoms with Gasteiger partial charge in [-0.25, -0.2) is 4.98 Å². The zero-order valence-corrected chi connectivity index (χ0v) is 19.0. The highest BCUT2D eigenvalue weighted by Crippen LogP contribution is 2.43. The van der Waals surface area contributed by atoms with Crippen molar-refractivity contribution in [2.45, 2.75) is 39.3 Å². The van der Waals surface area contributed by atoms with Crippen molar-refractivity contribution < 1.29 is 9.32 Å². The number of halogens is 2. The zero-order chi connectivity index (χ0) is 20.8. The van der Waals surface area contributed by atoms with Crippen LogP contribution in [0.15, 0.2) is 29.0 Å². The van der Waals surface area contributed by atoms with Crippen LogP contribution in [0.25, 0.3) is 17.2 Å². The minimum atomic E-state index is -0.0943. The monoisotopic (exact) mass is 462 g/mol. The quantitative estimate of drug-likeness (QED) is 0.566. The summed E-state index contributed by atoms with van der Waals surface area (Å²) < 4.78 is 7.48. The van der Waals surface area contributed by atoms with Crippen LogP contribution in [-0.4, -0.2) is 55.0 Å². The molecule has 0 radical (unpaired) electrons. The van der Waals surface area contributed by atoms with Crippen molar-refractivity contribution in [3.8, 4) is 17.2 Å². The highest BCUT2D eigenvalue weighted by Gasteiger charge is 2.40. The predicted octanol–water partition coefficient (Wildman–Crippen LogP) is 4.13. The van der Waals surface area contributed by atoms with Crippen LogP contribution in [0.1, 0.15) is 54.7 Å². The van der Waals surface area contributed by atoms with E-state index in [1.807, 2.05) is 21.6 Å². The summed E-state index contributed by atoms with van der Waals surface area (Å²) in [5, 5.41) is 4.66. The molecule has 2 aliphatic heterocycles. The molecule has 8 nitrogen and oxygen atoms in total. The Balaban J connectivity index is 0.00000231. The molecular weight excluding hydrogens is 439 g/mol. The molecule has 1 saturated heterocycles. The van der Waals surface area contributed by atoms with Gasteiger partial charge in [0.15, 0.2) is 0 Å². The molecule has 0 unspecified atom stereocenters. The van der Waals surface area contributed by atoms with Crippen LogP contribution in [0, 0.1) is 0 Å². The lowest BCUT2D eigenvalue weighted by molar-refractivity contribution is 0.0739. The molecule has 4 heterocycles. The maximum Gasteiger partial charge on any atom is 0.258 e. The van der Waals surface area contributed by atoms with Gasteiger partial charge in [-0.1, -0.05) is 36.7 Å². The molecule has 1 aromatic carbocycles. The first-order chi connectivity index (χ1) is 14.6. The van der Waals surface area contributed by atoms with Gasteiger partial charge in [-0.05, 0) is 38.1 Å². The van der Waals surface area contributed by atoms with Crippen LogP contribution in [0.5, 0.6) is 0 Å². The molecule has 10 heteroatoms. The highest BCUT2D eigenvalue weighted by molar-refractivity contribution is 6.34. The van der Waals surface area contributed by atoms with E-state index in [2.05, 4.69) is 33.9 Å². The predicted molar refractivity (Wildman–Crippen MR) is 119 cm³/mol. The van der Waals surface area contributed by atoms with Crippen molar-refractivity contribution in [3.63, 3.8) is 0 Å². The Bertz CT molecular complexity index is 1110. The Labute approximate surface area is 191 Å². The standard InChI is InChI=1S/C21H23ClN6O2.ClH/c1-3-26(4-2)11-16-24-20(25-30-16)18-19-15-9-6-10-27(15)21(29)17-13(22)7-5-8-14(17)28(19)12-23-18;/h5,7-8,12,15H,3-4,6,9-11H2,1-2H3;1H/t15-;/m0./s1. The van der Waals surface area contributed by atoms with Crippen molar-refractivity contribution >= 4 is 29.9 Å². The maximum absolute atomic E-state index is 13.3. The van der Waals surface area contributed by atoms with Gasteiger partial charge in [-0.15, -0.1) is 12.4 Å². The van der Waals surface area contributed by atoms with E-state index in [-0.39, 0.29) is 24.4 Å². The van der Waals surface area contributed by atoms with Gasteiger partial charge >= 0.3 is 0 Å². The zero-order valence-electron chi connectivity index (χ0n) is 17.4. The number of carbonyl (C=O) groups excluding carboxylic acids is 1. The van der Waals surface area contributed by atoms with Gasteiger partial charge in [0.1, 0.15) is 12.0 Å². The lowest BCUT2D eigenvalue weighted by Crippen LogP contribution is -2.30. The van der Waals surface area contributed by atoms with Crippen LogP contribution < -0.4 is 0 Å². The lowest BCUT2D eigenvalue weighted by Gasteiger charge is -2.22. The van der Waals surface area contributed by atoms with E-state index in [1.54, 1.807) is 12.4 Å². The molecule has 1 fully saturated rings. The normalized spacial score (nSPS) is 17.2. The number of aromatic nitrogens is 4. The van der Waals surface area contributed by atoms with Gasteiger partial charge in [0.05, 0.1) is 34.6 Å². The fraction of sp³-hybridized carbons (Fsp3) is 0.429. The molecule has 164 valence electrons. The molecule has 0 N–H and O–H groups in total. The molecule has 1 atom stereocenters. The summed E-state index contributed by atoms with van der Waals surface area (Å²) in [6, 6.07) is 5.41. The Morgan fingerprint density at radius 2 is 2.10 bits per heavy atom. The van der Waals surface area contributed by atoms with E-state index in [9.17, 15) is 4.79 Å². The molecule has 2 aliphatic rings. The molecule has 3 aromatic rings. The molecular formula is C21H24Cl2N6O2. The Morgan fingerprint density at radius 1 is 1.29 bits per heavy atom. The number of hydrogen-bond acceptors (Lipinski definition) is 6. The number of imidazole rings is 1. The average molecular weight is 463 g/mol. The van der Waals surface area contributed by atoms with Crippen LogP contribution in [0.4, 0.5) is 0 Å². The Hall–Kier alpha value is -2.42. The highest BCUT2D eigenvalue weighted by atomic mass is 35.5. The Morgan fingerprint density at radius 3 is 2.87 bits per heavy atom. The molecule has 0 aliphatic carbocycles. The first-order valence-electron chi connectivity index (χ1n) is 10.3.